The van der Waals surface area contributed by atoms with E-state index in [-0.39, 0.29) is 17.8 Å². The summed E-state index contributed by atoms with van der Waals surface area (Å²) >= 11 is 0. The van der Waals surface area contributed by atoms with Crippen LogP contribution in [0, 0.1) is 0 Å². The van der Waals surface area contributed by atoms with Crippen molar-refractivity contribution >= 4 is 17.8 Å². The molecule has 0 fully saturated rings. The summed E-state index contributed by atoms with van der Waals surface area (Å²) in [5, 5.41) is 0. The van der Waals surface area contributed by atoms with Gasteiger partial charge in [0.05, 0.1) is 6.10 Å². The van der Waals surface area contributed by atoms with Crippen LogP contribution < -0.4 is 4.74 Å². The van der Waals surface area contributed by atoms with Gasteiger partial charge in [-0.3, -0.25) is 9.59 Å². The molecule has 2 aromatic rings. The minimum Gasteiger partial charge on any atom is -0.490 e. The number of carbonyl (C=O) groups is 2. The van der Waals surface area contributed by atoms with Gasteiger partial charge in [0.1, 0.15) is 5.75 Å². The van der Waals surface area contributed by atoms with Gasteiger partial charge in [0.2, 0.25) is 0 Å². The second-order valence-electron chi connectivity index (χ2n) is 7.01. The maximum absolute atomic E-state index is 12.5. The van der Waals surface area contributed by atoms with Gasteiger partial charge in [-0.1, -0.05) is 24.3 Å². The van der Waals surface area contributed by atoms with Crippen LogP contribution in [0.1, 0.15) is 45.7 Å². The summed E-state index contributed by atoms with van der Waals surface area (Å²) in [6.07, 6.45) is 5.93. The van der Waals surface area contributed by atoms with Gasteiger partial charge >= 0.3 is 0 Å². The van der Waals surface area contributed by atoms with Crippen molar-refractivity contribution in [1.29, 1.82) is 0 Å². The zero-order valence-corrected chi connectivity index (χ0v) is 16.9. The third kappa shape index (κ3) is 5.68. The molecule has 0 atom stereocenters. The van der Waals surface area contributed by atoms with Gasteiger partial charge < -0.3 is 9.64 Å². The van der Waals surface area contributed by atoms with Crippen molar-refractivity contribution in [2.75, 3.05) is 14.1 Å². The van der Waals surface area contributed by atoms with Crippen molar-refractivity contribution in [3.63, 3.8) is 0 Å². The van der Waals surface area contributed by atoms with E-state index < -0.39 is 0 Å². The van der Waals surface area contributed by atoms with Crippen LogP contribution in [0.25, 0.3) is 6.08 Å². The SMILES string of the molecule is C=CCc1ccc(OC(C)C)c(/C=C/C(=O)c2ccc(C(=O)N(C)C)cc2)c1. The standard InChI is InChI=1S/C24H27NO3/c1-6-7-18-8-15-23(28-17(2)3)21(16-18)13-14-22(26)19-9-11-20(12-10-19)24(27)25(4)5/h6,8-17H,1,7H2,2-5H3/b14-13+. The fourth-order valence-corrected chi connectivity index (χ4v) is 2.68. The Labute approximate surface area is 167 Å². The number of carbonyl (C=O) groups excluding carboxylic acids is 2. The Morgan fingerprint density at radius 3 is 2.29 bits per heavy atom. The van der Waals surface area contributed by atoms with Crippen LogP contribution in [0.2, 0.25) is 0 Å². The molecule has 4 nitrogen and oxygen atoms in total. The predicted octanol–water partition coefficient (Wildman–Crippen LogP) is 4.80. The predicted molar refractivity (Wildman–Crippen MR) is 114 cm³/mol. The molecule has 0 saturated carbocycles. The second kappa shape index (κ2) is 9.70. The minimum atomic E-state index is -0.131. The Bertz CT molecular complexity index is 877. The molecule has 0 aliphatic carbocycles. The average molecular weight is 377 g/mol. The number of amides is 1. The lowest BCUT2D eigenvalue weighted by Gasteiger charge is -2.13. The lowest BCUT2D eigenvalue weighted by Crippen LogP contribution is -2.21. The van der Waals surface area contributed by atoms with Crippen LogP contribution in [0.5, 0.6) is 5.75 Å². The average Bonchev–Trinajstić information content (AvgIpc) is 2.67. The van der Waals surface area contributed by atoms with E-state index in [1.807, 2.05) is 38.1 Å². The fraction of sp³-hybridized carbons (Fsp3) is 0.250. The van der Waals surface area contributed by atoms with Crippen molar-refractivity contribution in [3.8, 4) is 5.75 Å². The maximum Gasteiger partial charge on any atom is 0.253 e. The van der Waals surface area contributed by atoms with Crippen LogP contribution in [0.15, 0.2) is 61.2 Å². The first-order valence-corrected chi connectivity index (χ1v) is 9.26. The maximum atomic E-state index is 12.5. The van der Waals surface area contributed by atoms with Crippen LogP contribution in [-0.4, -0.2) is 36.8 Å². The quantitative estimate of drug-likeness (QED) is 0.377. The van der Waals surface area contributed by atoms with E-state index in [1.165, 1.54) is 11.0 Å². The summed E-state index contributed by atoms with van der Waals surface area (Å²) in [6, 6.07) is 12.6. The van der Waals surface area contributed by atoms with Crippen LogP contribution in [0.3, 0.4) is 0 Å². The summed E-state index contributed by atoms with van der Waals surface area (Å²) in [5.74, 6) is 0.510. The molecule has 0 aliphatic rings. The first kappa shape index (κ1) is 21.2. The highest BCUT2D eigenvalue weighted by molar-refractivity contribution is 6.07. The highest BCUT2D eigenvalue weighted by atomic mass is 16.5. The molecular formula is C24H27NO3. The minimum absolute atomic E-state index is 0.0369. The Morgan fingerprint density at radius 1 is 1.07 bits per heavy atom. The summed E-state index contributed by atoms with van der Waals surface area (Å²) in [6.45, 7) is 7.70. The van der Waals surface area contributed by atoms with Gasteiger partial charge in [-0.05, 0) is 62.2 Å². The number of ketones is 1. The number of rotatable bonds is 8. The summed E-state index contributed by atoms with van der Waals surface area (Å²) in [5.41, 5.74) is 3.03. The van der Waals surface area contributed by atoms with E-state index in [0.29, 0.717) is 11.1 Å². The van der Waals surface area contributed by atoms with E-state index in [1.54, 1.807) is 44.4 Å². The molecule has 1 amide bonds. The molecule has 0 N–H and O–H groups in total. The number of hydrogen-bond donors (Lipinski definition) is 0. The number of nitrogens with zero attached hydrogens (tertiary/aromatic N) is 1. The Balaban J connectivity index is 2.23. The molecule has 2 aromatic carbocycles. The van der Waals surface area contributed by atoms with Gasteiger partial charge in [-0.2, -0.15) is 0 Å². The molecule has 0 aliphatic heterocycles. The van der Waals surface area contributed by atoms with Crippen LogP contribution in [0.4, 0.5) is 0 Å². The van der Waals surface area contributed by atoms with Gasteiger partial charge in [-0.15, -0.1) is 6.58 Å². The molecule has 0 heterocycles. The smallest absolute Gasteiger partial charge is 0.253 e. The number of hydrogen-bond acceptors (Lipinski definition) is 3. The highest BCUT2D eigenvalue weighted by Crippen LogP contribution is 2.24. The molecule has 0 bridgehead atoms. The van der Waals surface area contributed by atoms with Crippen LogP contribution in [-0.2, 0) is 6.42 Å². The number of allylic oxidation sites excluding steroid dienone is 2. The van der Waals surface area contributed by atoms with E-state index in [2.05, 4.69) is 6.58 Å². The third-order valence-corrected chi connectivity index (χ3v) is 4.05. The largest absolute Gasteiger partial charge is 0.490 e. The molecule has 4 heteroatoms. The van der Waals surface area contributed by atoms with Gasteiger partial charge in [0, 0.05) is 30.8 Å². The van der Waals surface area contributed by atoms with Crippen molar-refractivity contribution < 1.29 is 14.3 Å². The molecule has 0 radical (unpaired) electrons. The molecule has 0 aromatic heterocycles. The second-order valence-corrected chi connectivity index (χ2v) is 7.01. The van der Waals surface area contributed by atoms with Gasteiger partial charge in [0.25, 0.3) is 5.91 Å². The molecule has 0 saturated heterocycles. The summed E-state index contributed by atoms with van der Waals surface area (Å²) in [4.78, 5) is 26.0. The van der Waals surface area contributed by atoms with Gasteiger partial charge in [-0.25, -0.2) is 0 Å². The van der Waals surface area contributed by atoms with Crippen molar-refractivity contribution in [1.82, 2.24) is 4.90 Å². The van der Waals surface area contributed by atoms with Gasteiger partial charge in [0.15, 0.2) is 5.78 Å². The lowest BCUT2D eigenvalue weighted by atomic mass is 10.0. The van der Waals surface area contributed by atoms with Crippen LogP contribution >= 0.6 is 0 Å². The third-order valence-electron chi connectivity index (χ3n) is 4.05. The molecule has 0 unspecified atom stereocenters. The fourth-order valence-electron chi connectivity index (χ4n) is 2.68. The van der Waals surface area contributed by atoms with E-state index in [9.17, 15) is 9.59 Å². The Hall–Kier alpha value is -3.14. The summed E-state index contributed by atoms with van der Waals surface area (Å²) in [7, 11) is 3.39. The number of ether oxygens (including phenoxy) is 1. The van der Waals surface area contributed by atoms with Crippen molar-refractivity contribution in [2.24, 2.45) is 0 Å². The van der Waals surface area contributed by atoms with E-state index in [0.717, 1.165) is 23.3 Å². The van der Waals surface area contributed by atoms with Crippen molar-refractivity contribution in [2.45, 2.75) is 26.4 Å². The highest BCUT2D eigenvalue weighted by Gasteiger charge is 2.10. The first-order chi connectivity index (χ1) is 13.3. The normalized spacial score (nSPS) is 10.9. The van der Waals surface area contributed by atoms with E-state index in [4.69, 9.17) is 4.74 Å². The summed E-state index contributed by atoms with van der Waals surface area (Å²) < 4.78 is 5.85. The first-order valence-electron chi connectivity index (χ1n) is 9.26. The zero-order valence-electron chi connectivity index (χ0n) is 16.9. The Morgan fingerprint density at radius 2 is 1.71 bits per heavy atom. The van der Waals surface area contributed by atoms with Crippen molar-refractivity contribution in [3.05, 3.63) is 83.4 Å². The lowest BCUT2D eigenvalue weighted by molar-refractivity contribution is 0.0827. The topological polar surface area (TPSA) is 46.6 Å². The van der Waals surface area contributed by atoms with E-state index >= 15 is 0 Å². The Kier molecular flexibility index (Phi) is 7.33. The molecule has 146 valence electrons. The zero-order chi connectivity index (χ0) is 20.7. The molecular weight excluding hydrogens is 350 g/mol. The molecule has 28 heavy (non-hydrogen) atoms. The molecule has 2 rings (SSSR count). The monoisotopic (exact) mass is 377 g/mol. The molecule has 0 spiro atoms. The number of benzene rings is 2.